The van der Waals surface area contributed by atoms with Crippen LogP contribution in [0.4, 0.5) is 14.6 Å². The first-order chi connectivity index (χ1) is 19.1. The molecule has 2 aromatic carbocycles. The quantitative estimate of drug-likeness (QED) is 0.280. The second-order valence-electron chi connectivity index (χ2n) is 11.6. The first-order valence-electron chi connectivity index (χ1n) is 14.0. The molecule has 2 N–H and O–H groups in total. The molecule has 1 saturated carbocycles. The van der Waals surface area contributed by atoms with E-state index in [1.807, 2.05) is 11.8 Å². The van der Waals surface area contributed by atoms with Crippen LogP contribution in [0.1, 0.15) is 58.4 Å². The maximum atomic E-state index is 16.5. The number of fused-ring (bicyclic) bond motifs is 2. The number of phenolic OH excluding ortho intramolecular Hbond substituents is 1. The lowest BCUT2D eigenvalue weighted by atomic mass is 9.94. The molecule has 40 heavy (non-hydrogen) atoms. The summed E-state index contributed by atoms with van der Waals surface area (Å²) < 4.78 is 37.4. The van der Waals surface area contributed by atoms with Gasteiger partial charge in [0.2, 0.25) is 0 Å². The number of anilines is 1. The molecule has 3 heterocycles. The molecule has 2 aliphatic rings. The summed E-state index contributed by atoms with van der Waals surface area (Å²) >= 11 is 0. The first kappa shape index (κ1) is 26.6. The molecule has 0 radical (unpaired) electrons. The van der Waals surface area contributed by atoms with E-state index in [1.165, 1.54) is 24.4 Å². The van der Waals surface area contributed by atoms with Gasteiger partial charge in [-0.2, -0.15) is 9.97 Å². The number of pyridine rings is 1. The zero-order chi connectivity index (χ0) is 28.2. The molecule has 7 nitrogen and oxygen atoms in total. The third-order valence-electron chi connectivity index (χ3n) is 8.59. The highest BCUT2D eigenvalue weighted by Gasteiger charge is 2.42. The fourth-order valence-corrected chi connectivity index (χ4v) is 5.94. The van der Waals surface area contributed by atoms with Crippen molar-refractivity contribution in [3.63, 3.8) is 0 Å². The van der Waals surface area contributed by atoms with E-state index in [2.05, 4.69) is 21.9 Å². The van der Waals surface area contributed by atoms with E-state index in [4.69, 9.17) is 4.74 Å². The van der Waals surface area contributed by atoms with Crippen molar-refractivity contribution in [2.75, 3.05) is 24.6 Å². The van der Waals surface area contributed by atoms with E-state index in [1.54, 1.807) is 13.0 Å². The Morgan fingerprint density at radius 2 is 1.90 bits per heavy atom. The number of aryl methyl sites for hydroxylation is 1. The van der Waals surface area contributed by atoms with Crippen LogP contribution in [0.2, 0.25) is 0 Å². The highest BCUT2D eigenvalue weighted by atomic mass is 19.1. The zero-order valence-electron chi connectivity index (χ0n) is 23.1. The number of rotatable bonds is 7. The molecule has 1 atom stereocenters. The minimum atomic E-state index is -0.913. The highest BCUT2D eigenvalue weighted by Crippen LogP contribution is 2.48. The predicted molar refractivity (Wildman–Crippen MR) is 151 cm³/mol. The van der Waals surface area contributed by atoms with E-state index in [0.717, 1.165) is 25.7 Å². The summed E-state index contributed by atoms with van der Waals surface area (Å²) in [5.41, 5.74) is -0.104. The summed E-state index contributed by atoms with van der Waals surface area (Å²) in [5.74, 6) is -0.717. The fraction of sp³-hybridized carbons (Fsp3) is 0.452. The molecule has 2 fully saturated rings. The van der Waals surface area contributed by atoms with Gasteiger partial charge in [-0.15, -0.1) is 0 Å². The van der Waals surface area contributed by atoms with E-state index in [-0.39, 0.29) is 33.9 Å². The number of phenols is 1. The summed E-state index contributed by atoms with van der Waals surface area (Å²) in [6.45, 7) is 7.16. The lowest BCUT2D eigenvalue weighted by Gasteiger charge is -2.37. The monoisotopic (exact) mass is 548 g/mol. The van der Waals surface area contributed by atoms with Gasteiger partial charge < -0.3 is 19.8 Å². The summed E-state index contributed by atoms with van der Waals surface area (Å²) in [6.07, 6.45) is 6.44. The van der Waals surface area contributed by atoms with Crippen LogP contribution in [-0.2, 0) is 6.42 Å². The van der Waals surface area contributed by atoms with Crippen molar-refractivity contribution in [3.05, 3.63) is 47.7 Å². The molecule has 1 aliphatic heterocycles. The summed E-state index contributed by atoms with van der Waals surface area (Å²) in [4.78, 5) is 15.6. The lowest BCUT2D eigenvalue weighted by Crippen LogP contribution is -2.46. The minimum Gasteiger partial charge on any atom is -0.508 e. The van der Waals surface area contributed by atoms with Crippen LogP contribution in [0.5, 0.6) is 11.8 Å². The molecule has 1 aliphatic carbocycles. The van der Waals surface area contributed by atoms with Crippen molar-refractivity contribution in [1.29, 1.82) is 0 Å². The molecule has 9 heteroatoms. The van der Waals surface area contributed by atoms with E-state index < -0.39 is 17.2 Å². The summed E-state index contributed by atoms with van der Waals surface area (Å²) in [6, 6.07) is 5.95. The van der Waals surface area contributed by atoms with Crippen LogP contribution in [0.15, 0.2) is 30.5 Å². The number of hydrogen-bond donors (Lipinski definition) is 2. The molecule has 0 bridgehead atoms. The third kappa shape index (κ3) is 4.70. The Morgan fingerprint density at radius 1 is 1.10 bits per heavy atom. The first-order valence-corrected chi connectivity index (χ1v) is 14.0. The number of nitrogens with zero attached hydrogens (tertiary/aromatic N) is 4. The van der Waals surface area contributed by atoms with Crippen molar-refractivity contribution in [2.45, 2.75) is 64.9 Å². The average molecular weight is 549 g/mol. The Kier molecular flexibility index (Phi) is 6.52. The maximum absolute atomic E-state index is 16.5. The van der Waals surface area contributed by atoms with Crippen LogP contribution >= 0.6 is 0 Å². The number of benzene rings is 2. The topological polar surface area (TPSA) is 91.6 Å². The average Bonchev–Trinajstić information content (AvgIpc) is 3.72. The fourth-order valence-electron chi connectivity index (χ4n) is 5.94. The minimum absolute atomic E-state index is 0.0301. The number of hydrogen-bond acceptors (Lipinski definition) is 7. The van der Waals surface area contributed by atoms with E-state index in [9.17, 15) is 14.6 Å². The van der Waals surface area contributed by atoms with Crippen molar-refractivity contribution >= 4 is 27.5 Å². The molecule has 0 unspecified atom stereocenters. The van der Waals surface area contributed by atoms with Crippen molar-refractivity contribution in [1.82, 2.24) is 15.0 Å². The summed E-state index contributed by atoms with van der Waals surface area (Å²) in [7, 11) is 0. The molecule has 0 amide bonds. The van der Waals surface area contributed by atoms with Gasteiger partial charge in [0.15, 0.2) is 5.82 Å². The van der Waals surface area contributed by atoms with Crippen LogP contribution in [0.3, 0.4) is 0 Å². The normalized spacial score (nSPS) is 20.3. The Morgan fingerprint density at radius 3 is 2.60 bits per heavy atom. The van der Waals surface area contributed by atoms with Crippen LogP contribution in [0, 0.1) is 17.0 Å². The van der Waals surface area contributed by atoms with Crippen LogP contribution < -0.4 is 9.64 Å². The Hall–Kier alpha value is -3.59. The lowest BCUT2D eigenvalue weighted by molar-refractivity contribution is 0.0447. The van der Waals surface area contributed by atoms with Gasteiger partial charge in [0.05, 0.1) is 17.6 Å². The van der Waals surface area contributed by atoms with Crippen LogP contribution in [0.25, 0.3) is 32.9 Å². The van der Waals surface area contributed by atoms with Gasteiger partial charge in [0, 0.05) is 30.3 Å². The number of aromatic nitrogens is 3. The second-order valence-corrected chi connectivity index (χ2v) is 11.6. The van der Waals surface area contributed by atoms with Gasteiger partial charge in [-0.1, -0.05) is 19.9 Å². The molecular formula is C31H34F2N4O3. The SMILES string of the molecule is CCc1c(F)ccc2cc(O)cc(-c3ncc4c(N5CCC[C@@](C)(O)C5)nc(OCC5(CC)CC5)nc4c3F)c12. The van der Waals surface area contributed by atoms with E-state index >= 15 is 4.39 Å². The van der Waals surface area contributed by atoms with E-state index in [0.29, 0.717) is 60.1 Å². The second kappa shape index (κ2) is 9.80. The molecule has 6 rings (SSSR count). The van der Waals surface area contributed by atoms with Gasteiger partial charge >= 0.3 is 6.01 Å². The molecule has 210 valence electrons. The Balaban J connectivity index is 1.55. The molecule has 2 aromatic heterocycles. The standard InChI is InChI=1S/C31H34F2N4O3/c1-4-20-23(32)8-7-18-13-19(38)14-21(24(18)20)26-25(33)27-22(15-34-26)28(37-12-6-9-30(3,39)16-37)36-29(35-27)40-17-31(5-2)10-11-31/h7-8,13-15,38-39H,4-6,9-12,16-17H2,1-3H3/t30-/m1/s1. The number of aromatic hydroxyl groups is 1. The number of ether oxygens (including phenoxy) is 1. The number of halogens is 2. The van der Waals surface area contributed by atoms with Gasteiger partial charge in [-0.05, 0) is 80.0 Å². The third-order valence-corrected chi connectivity index (χ3v) is 8.59. The summed E-state index contributed by atoms with van der Waals surface area (Å²) in [5, 5.41) is 22.7. The largest absolute Gasteiger partial charge is 0.508 e. The number of piperidine rings is 1. The Bertz CT molecular complexity index is 1620. The smallest absolute Gasteiger partial charge is 0.319 e. The highest BCUT2D eigenvalue weighted by molar-refractivity contribution is 6.01. The van der Waals surface area contributed by atoms with Crippen LogP contribution in [-0.4, -0.2) is 50.5 Å². The molecule has 4 aromatic rings. The Labute approximate surface area is 231 Å². The zero-order valence-corrected chi connectivity index (χ0v) is 23.1. The molecule has 0 spiro atoms. The van der Waals surface area contributed by atoms with Crippen molar-refractivity contribution in [3.8, 4) is 23.0 Å². The molecular weight excluding hydrogens is 514 g/mol. The van der Waals surface area contributed by atoms with Gasteiger partial charge in [-0.25, -0.2) is 8.78 Å². The van der Waals surface area contributed by atoms with Gasteiger partial charge in [0.25, 0.3) is 0 Å². The number of β-amino-alcohol motifs (C(OH)–C–C–N with tert-alkyl or cyclic N) is 1. The maximum Gasteiger partial charge on any atom is 0.319 e. The van der Waals surface area contributed by atoms with Gasteiger partial charge in [0.1, 0.15) is 28.6 Å². The predicted octanol–water partition coefficient (Wildman–Crippen LogP) is 6.31. The molecule has 1 saturated heterocycles. The van der Waals surface area contributed by atoms with Crippen molar-refractivity contribution < 1.29 is 23.7 Å². The van der Waals surface area contributed by atoms with Crippen molar-refractivity contribution in [2.24, 2.45) is 5.41 Å². The number of aliphatic hydroxyl groups is 1. The van der Waals surface area contributed by atoms with Gasteiger partial charge in [-0.3, -0.25) is 4.98 Å².